The smallest absolute Gasteiger partial charge is 0.373 e. The predicted molar refractivity (Wildman–Crippen MR) is 79.0 cm³/mol. The number of ether oxygens (including phenoxy) is 1. The Hall–Kier alpha value is -1.33. The summed E-state index contributed by atoms with van der Waals surface area (Å²) in [6.07, 6.45) is 3.93. The number of carbonyl (C=O) groups excluding carboxylic acids is 1. The first kappa shape index (κ1) is 16.0. The maximum atomic E-state index is 11.4. The molecule has 0 aromatic carbocycles. The molecule has 1 heterocycles. The fourth-order valence-corrected chi connectivity index (χ4v) is 3.03. The summed E-state index contributed by atoms with van der Waals surface area (Å²) in [6, 6.07) is 3.30. The zero-order valence-electron chi connectivity index (χ0n) is 13.0. The fourth-order valence-electron chi connectivity index (χ4n) is 3.03. The van der Waals surface area contributed by atoms with Crippen LogP contribution in [0.1, 0.15) is 61.9 Å². The highest BCUT2D eigenvalue weighted by Crippen LogP contribution is 2.32. The summed E-state index contributed by atoms with van der Waals surface area (Å²) in [5.41, 5.74) is -0.635. The molecular weight excluding hydrogens is 270 g/mol. The molecule has 0 spiro atoms. The van der Waals surface area contributed by atoms with Gasteiger partial charge in [0.15, 0.2) is 0 Å². The monoisotopic (exact) mass is 295 g/mol. The number of rotatable bonds is 5. The Morgan fingerprint density at radius 1 is 1.62 bits per heavy atom. The summed E-state index contributed by atoms with van der Waals surface area (Å²) in [5, 5.41) is 13.9. The highest BCUT2D eigenvalue weighted by Gasteiger charge is 2.32. The second-order valence-corrected chi connectivity index (χ2v) is 6.22. The van der Waals surface area contributed by atoms with Crippen molar-refractivity contribution < 1.29 is 19.1 Å². The van der Waals surface area contributed by atoms with E-state index in [9.17, 15) is 9.90 Å². The van der Waals surface area contributed by atoms with Crippen LogP contribution in [0.5, 0.6) is 0 Å². The molecule has 1 aromatic heterocycles. The van der Waals surface area contributed by atoms with Crippen LogP contribution in [0.2, 0.25) is 0 Å². The van der Waals surface area contributed by atoms with Crippen molar-refractivity contribution in [2.24, 2.45) is 5.92 Å². The first-order valence-electron chi connectivity index (χ1n) is 7.57. The second-order valence-electron chi connectivity index (χ2n) is 6.22. The lowest BCUT2D eigenvalue weighted by Gasteiger charge is -2.36. The summed E-state index contributed by atoms with van der Waals surface area (Å²) in [6.45, 7) is 4.67. The minimum Gasteiger partial charge on any atom is -0.463 e. The molecule has 0 amide bonds. The lowest BCUT2D eigenvalue weighted by atomic mass is 9.79. The molecule has 3 atom stereocenters. The second kappa shape index (κ2) is 6.62. The summed E-state index contributed by atoms with van der Waals surface area (Å²) in [4.78, 5) is 11.4. The number of esters is 1. The Balaban J connectivity index is 1.90. The van der Waals surface area contributed by atoms with Crippen LogP contribution in [-0.4, -0.2) is 30.3 Å². The van der Waals surface area contributed by atoms with E-state index in [1.165, 1.54) is 13.5 Å². The van der Waals surface area contributed by atoms with Crippen molar-refractivity contribution in [2.75, 3.05) is 13.7 Å². The third-order valence-corrected chi connectivity index (χ3v) is 4.24. The Bertz CT molecular complexity index is 484. The molecule has 1 aromatic rings. The van der Waals surface area contributed by atoms with E-state index < -0.39 is 11.6 Å². The summed E-state index contributed by atoms with van der Waals surface area (Å²) < 4.78 is 10.1. The van der Waals surface area contributed by atoms with Crippen molar-refractivity contribution in [3.05, 3.63) is 23.7 Å². The molecule has 3 unspecified atom stereocenters. The molecule has 2 N–H and O–H groups in total. The highest BCUT2D eigenvalue weighted by atomic mass is 16.5. The van der Waals surface area contributed by atoms with Gasteiger partial charge in [-0.2, -0.15) is 0 Å². The van der Waals surface area contributed by atoms with E-state index in [2.05, 4.69) is 17.0 Å². The molecule has 0 aliphatic heterocycles. The van der Waals surface area contributed by atoms with Gasteiger partial charge in [-0.15, -0.1) is 0 Å². The van der Waals surface area contributed by atoms with E-state index in [0.29, 0.717) is 18.2 Å². The number of hydrogen-bond acceptors (Lipinski definition) is 5. The molecule has 5 heteroatoms. The van der Waals surface area contributed by atoms with E-state index in [1.54, 1.807) is 12.1 Å². The third-order valence-electron chi connectivity index (χ3n) is 4.24. The van der Waals surface area contributed by atoms with Gasteiger partial charge in [0.1, 0.15) is 5.76 Å². The minimum absolute atomic E-state index is 0.0651. The quantitative estimate of drug-likeness (QED) is 0.817. The van der Waals surface area contributed by atoms with E-state index >= 15 is 0 Å². The largest absolute Gasteiger partial charge is 0.463 e. The molecule has 1 aliphatic carbocycles. The first-order valence-corrected chi connectivity index (χ1v) is 7.57. The van der Waals surface area contributed by atoms with Crippen LogP contribution in [0.15, 0.2) is 16.5 Å². The molecule has 5 nitrogen and oxygen atoms in total. The van der Waals surface area contributed by atoms with E-state index in [-0.39, 0.29) is 11.8 Å². The summed E-state index contributed by atoms with van der Waals surface area (Å²) in [7, 11) is 1.33. The van der Waals surface area contributed by atoms with Crippen molar-refractivity contribution in [1.82, 2.24) is 5.32 Å². The molecular formula is C16H25NO4. The number of furan rings is 1. The van der Waals surface area contributed by atoms with Crippen LogP contribution >= 0.6 is 0 Å². The van der Waals surface area contributed by atoms with E-state index in [1.807, 2.05) is 6.92 Å². The van der Waals surface area contributed by atoms with Gasteiger partial charge in [0.25, 0.3) is 0 Å². The molecule has 1 saturated carbocycles. The highest BCUT2D eigenvalue weighted by molar-refractivity contribution is 5.86. The SMILES string of the molecule is COC(=O)c1ccc(C(C)NCC2(O)CCCC(C)C2)o1. The normalized spacial score (nSPS) is 27.3. The van der Waals surface area contributed by atoms with Crippen LogP contribution < -0.4 is 5.32 Å². The standard InChI is InChI=1S/C16H25NO4/c1-11-5-4-8-16(19,9-11)10-17-12(2)13-6-7-14(21-13)15(18)20-3/h6-7,11-12,17,19H,4-5,8-10H2,1-3H3. The van der Waals surface area contributed by atoms with Gasteiger partial charge in [0.05, 0.1) is 18.8 Å². The van der Waals surface area contributed by atoms with Crippen molar-refractivity contribution in [3.63, 3.8) is 0 Å². The van der Waals surface area contributed by atoms with E-state index in [0.717, 1.165) is 19.3 Å². The number of carbonyl (C=O) groups is 1. The molecule has 0 bridgehead atoms. The number of methoxy groups -OCH3 is 1. The molecule has 1 aliphatic rings. The van der Waals surface area contributed by atoms with Crippen LogP contribution in [0, 0.1) is 5.92 Å². The first-order chi connectivity index (χ1) is 9.93. The van der Waals surface area contributed by atoms with Crippen molar-refractivity contribution in [3.8, 4) is 0 Å². The van der Waals surface area contributed by atoms with Crippen molar-refractivity contribution in [2.45, 2.75) is 51.2 Å². The number of hydrogen-bond donors (Lipinski definition) is 2. The van der Waals surface area contributed by atoms with Crippen LogP contribution in [0.4, 0.5) is 0 Å². The maximum absolute atomic E-state index is 11.4. The van der Waals surface area contributed by atoms with Gasteiger partial charge in [0.2, 0.25) is 5.76 Å². The van der Waals surface area contributed by atoms with Crippen LogP contribution in [-0.2, 0) is 4.74 Å². The van der Waals surface area contributed by atoms with E-state index in [4.69, 9.17) is 4.42 Å². The van der Waals surface area contributed by atoms with Gasteiger partial charge in [-0.1, -0.05) is 19.8 Å². The van der Waals surface area contributed by atoms with Gasteiger partial charge < -0.3 is 19.6 Å². The number of nitrogens with one attached hydrogen (secondary N) is 1. The molecule has 118 valence electrons. The summed E-state index contributed by atoms with van der Waals surface area (Å²) in [5.74, 6) is 0.956. The Labute approximate surface area is 125 Å². The lowest BCUT2D eigenvalue weighted by Crippen LogP contribution is -2.44. The third kappa shape index (κ3) is 4.08. The van der Waals surface area contributed by atoms with Crippen molar-refractivity contribution >= 4 is 5.97 Å². The molecule has 1 fully saturated rings. The molecule has 0 radical (unpaired) electrons. The topological polar surface area (TPSA) is 71.7 Å². The Kier molecular flexibility index (Phi) is 5.06. The predicted octanol–water partition coefficient (Wildman–Crippen LogP) is 2.66. The number of aliphatic hydroxyl groups is 1. The zero-order valence-corrected chi connectivity index (χ0v) is 13.0. The van der Waals surface area contributed by atoms with Gasteiger partial charge in [-0.3, -0.25) is 0 Å². The average Bonchev–Trinajstić information content (AvgIpc) is 2.93. The van der Waals surface area contributed by atoms with Gasteiger partial charge in [-0.05, 0) is 37.8 Å². The van der Waals surface area contributed by atoms with Gasteiger partial charge in [0, 0.05) is 6.54 Å². The van der Waals surface area contributed by atoms with Gasteiger partial charge >= 0.3 is 5.97 Å². The molecule has 21 heavy (non-hydrogen) atoms. The Morgan fingerprint density at radius 2 is 2.38 bits per heavy atom. The van der Waals surface area contributed by atoms with Crippen LogP contribution in [0.25, 0.3) is 0 Å². The minimum atomic E-state index is -0.635. The Morgan fingerprint density at radius 3 is 3.05 bits per heavy atom. The zero-order chi connectivity index (χ0) is 15.5. The van der Waals surface area contributed by atoms with Crippen LogP contribution in [0.3, 0.4) is 0 Å². The fraction of sp³-hybridized carbons (Fsp3) is 0.688. The maximum Gasteiger partial charge on any atom is 0.373 e. The molecule has 2 rings (SSSR count). The summed E-state index contributed by atoms with van der Waals surface area (Å²) >= 11 is 0. The molecule has 0 saturated heterocycles. The lowest BCUT2D eigenvalue weighted by molar-refractivity contribution is -0.0138. The van der Waals surface area contributed by atoms with Gasteiger partial charge in [-0.25, -0.2) is 4.79 Å². The average molecular weight is 295 g/mol. The van der Waals surface area contributed by atoms with Crippen molar-refractivity contribution in [1.29, 1.82) is 0 Å².